The van der Waals surface area contributed by atoms with E-state index in [-0.39, 0.29) is 24.0 Å². The zero-order valence-corrected chi connectivity index (χ0v) is 17.2. The van der Waals surface area contributed by atoms with Gasteiger partial charge in [0.25, 0.3) is 0 Å². The average Bonchev–Trinajstić information content (AvgIpc) is 2.73. The Morgan fingerprint density at radius 2 is 1.62 bits per heavy atom. The number of hydrogen-bond acceptors (Lipinski definition) is 5. The van der Waals surface area contributed by atoms with E-state index in [2.05, 4.69) is 4.90 Å². The second-order valence-corrected chi connectivity index (χ2v) is 9.05. The van der Waals surface area contributed by atoms with Gasteiger partial charge in [-0.05, 0) is 61.9 Å². The Labute approximate surface area is 170 Å². The average molecular weight is 421 g/mol. The molecule has 1 heterocycles. The van der Waals surface area contributed by atoms with Gasteiger partial charge in [0.05, 0.1) is 12.4 Å². The zero-order chi connectivity index (χ0) is 20.9. The highest BCUT2D eigenvalue weighted by Crippen LogP contribution is 2.19. The normalized spacial score (nSPS) is 15.3. The van der Waals surface area contributed by atoms with Crippen LogP contribution in [0.1, 0.15) is 23.7 Å². The Hall–Kier alpha value is -2.45. The van der Waals surface area contributed by atoms with Crippen molar-refractivity contribution in [3.05, 3.63) is 59.9 Å². The van der Waals surface area contributed by atoms with Crippen LogP contribution in [-0.2, 0) is 10.0 Å². The van der Waals surface area contributed by atoms with Gasteiger partial charge in [-0.25, -0.2) is 12.8 Å². The van der Waals surface area contributed by atoms with Crippen LogP contribution >= 0.6 is 0 Å². The van der Waals surface area contributed by atoms with E-state index < -0.39 is 10.0 Å². The molecule has 156 valence electrons. The van der Waals surface area contributed by atoms with Crippen LogP contribution in [0.25, 0.3) is 0 Å². The summed E-state index contributed by atoms with van der Waals surface area (Å²) in [6, 6.07) is 13.0. The third kappa shape index (κ3) is 5.77. The molecule has 1 fully saturated rings. The fraction of sp³-hybridized carbons (Fsp3) is 0.381. The molecule has 0 bridgehead atoms. The maximum absolute atomic E-state index is 12.9. The van der Waals surface area contributed by atoms with Crippen molar-refractivity contribution in [1.29, 1.82) is 0 Å². The minimum absolute atomic E-state index is 0.0154. The van der Waals surface area contributed by atoms with Gasteiger partial charge in [0, 0.05) is 37.4 Å². The van der Waals surface area contributed by atoms with E-state index in [0.717, 1.165) is 5.69 Å². The number of ketones is 1. The van der Waals surface area contributed by atoms with Crippen molar-refractivity contribution in [2.45, 2.75) is 13.3 Å². The molecule has 0 aromatic heterocycles. The van der Waals surface area contributed by atoms with E-state index in [4.69, 9.17) is 4.74 Å². The molecule has 0 spiro atoms. The number of benzene rings is 2. The molecule has 6 nitrogen and oxygen atoms in total. The highest BCUT2D eigenvalue weighted by Gasteiger charge is 2.26. The highest BCUT2D eigenvalue weighted by atomic mass is 32.2. The van der Waals surface area contributed by atoms with Crippen molar-refractivity contribution in [2.24, 2.45) is 0 Å². The number of halogens is 1. The molecule has 0 aliphatic carbocycles. The van der Waals surface area contributed by atoms with Crippen molar-refractivity contribution >= 4 is 21.5 Å². The first-order valence-corrected chi connectivity index (χ1v) is 11.2. The van der Waals surface area contributed by atoms with Gasteiger partial charge in [-0.15, -0.1) is 0 Å². The molecule has 0 amide bonds. The molecule has 2 aromatic rings. The summed E-state index contributed by atoms with van der Waals surface area (Å²) in [5.41, 5.74) is 1.65. The Balaban J connectivity index is 1.45. The molecule has 1 aliphatic rings. The molecule has 0 radical (unpaired) electrons. The summed E-state index contributed by atoms with van der Waals surface area (Å²) in [6.07, 6.45) is 0.367. The first-order chi connectivity index (χ1) is 13.8. The largest absolute Gasteiger partial charge is 0.494 e. The quantitative estimate of drug-likeness (QED) is 0.485. The molecule has 0 N–H and O–H groups in total. The number of sulfonamides is 1. The molecule has 2 aromatic carbocycles. The van der Waals surface area contributed by atoms with Crippen molar-refractivity contribution < 1.29 is 22.3 Å². The van der Waals surface area contributed by atoms with Gasteiger partial charge in [0.1, 0.15) is 11.6 Å². The van der Waals surface area contributed by atoms with Gasteiger partial charge in [0.2, 0.25) is 10.0 Å². The van der Waals surface area contributed by atoms with E-state index >= 15 is 0 Å². The van der Waals surface area contributed by atoms with Crippen molar-refractivity contribution in [3.63, 3.8) is 0 Å². The maximum atomic E-state index is 12.9. The zero-order valence-electron chi connectivity index (χ0n) is 16.4. The van der Waals surface area contributed by atoms with Crippen LogP contribution in [0, 0.1) is 5.82 Å². The molecule has 1 saturated heterocycles. The van der Waals surface area contributed by atoms with Crippen molar-refractivity contribution in [3.8, 4) is 5.75 Å². The Morgan fingerprint density at radius 3 is 2.21 bits per heavy atom. The summed E-state index contributed by atoms with van der Waals surface area (Å²) in [4.78, 5) is 13.5. The molecule has 0 atom stereocenters. The molecule has 1 aliphatic heterocycles. The fourth-order valence-corrected chi connectivity index (χ4v) is 4.68. The monoisotopic (exact) mass is 420 g/mol. The lowest BCUT2D eigenvalue weighted by molar-refractivity contribution is 0.101. The fourth-order valence-electron chi connectivity index (χ4n) is 3.22. The molecule has 29 heavy (non-hydrogen) atoms. The van der Waals surface area contributed by atoms with E-state index in [1.165, 1.54) is 35.5 Å². The number of rotatable bonds is 8. The molecular formula is C21H25FN2O4S. The second-order valence-electron chi connectivity index (χ2n) is 6.96. The third-order valence-corrected chi connectivity index (χ3v) is 6.86. The van der Waals surface area contributed by atoms with E-state index in [1.54, 1.807) is 12.1 Å². The summed E-state index contributed by atoms with van der Waals surface area (Å²) >= 11 is 0. The smallest absolute Gasteiger partial charge is 0.214 e. The number of hydrogen-bond donors (Lipinski definition) is 0. The minimum atomic E-state index is -3.35. The number of anilines is 1. The predicted molar refractivity (Wildman–Crippen MR) is 111 cm³/mol. The highest BCUT2D eigenvalue weighted by molar-refractivity contribution is 7.89. The summed E-state index contributed by atoms with van der Waals surface area (Å²) in [5.74, 6) is 0.222. The molecule has 8 heteroatoms. The van der Waals surface area contributed by atoms with Crippen molar-refractivity contribution in [1.82, 2.24) is 4.31 Å². The van der Waals surface area contributed by atoms with Crippen LogP contribution in [-0.4, -0.2) is 57.0 Å². The van der Waals surface area contributed by atoms with Crippen molar-refractivity contribution in [2.75, 3.05) is 43.4 Å². The Kier molecular flexibility index (Phi) is 6.87. The summed E-state index contributed by atoms with van der Waals surface area (Å²) in [6.45, 7) is 3.84. The van der Waals surface area contributed by atoms with Gasteiger partial charge in [-0.2, -0.15) is 4.31 Å². The lowest BCUT2D eigenvalue weighted by Gasteiger charge is -2.35. The number of piperazine rings is 1. The van der Waals surface area contributed by atoms with Crippen LogP contribution in [0.5, 0.6) is 5.75 Å². The van der Waals surface area contributed by atoms with E-state index in [0.29, 0.717) is 43.9 Å². The SMILES string of the molecule is CC(=O)c1ccc(N2CCN(S(=O)(=O)CCCOc3ccc(F)cc3)CC2)cc1. The first-order valence-electron chi connectivity index (χ1n) is 9.57. The predicted octanol–water partition coefficient (Wildman–Crippen LogP) is 2.95. The first kappa shape index (κ1) is 21.3. The van der Waals surface area contributed by atoms with Crippen LogP contribution < -0.4 is 9.64 Å². The lowest BCUT2D eigenvalue weighted by Crippen LogP contribution is -2.49. The molecule has 3 rings (SSSR count). The molecular weight excluding hydrogens is 395 g/mol. The maximum Gasteiger partial charge on any atom is 0.214 e. The van der Waals surface area contributed by atoms with Crippen LogP contribution in [0.2, 0.25) is 0 Å². The molecule has 0 unspecified atom stereocenters. The number of carbonyl (C=O) groups excluding carboxylic acids is 1. The summed E-state index contributed by atoms with van der Waals surface area (Å²) in [7, 11) is -3.35. The van der Waals surface area contributed by atoms with Crippen LogP contribution in [0.4, 0.5) is 10.1 Å². The van der Waals surface area contributed by atoms with Crippen LogP contribution in [0.15, 0.2) is 48.5 Å². The lowest BCUT2D eigenvalue weighted by atomic mass is 10.1. The number of Topliss-reactive ketones (excluding diaryl/α,β-unsaturated/α-hetero) is 1. The van der Waals surface area contributed by atoms with Gasteiger partial charge < -0.3 is 9.64 Å². The topological polar surface area (TPSA) is 66.9 Å². The number of carbonyl (C=O) groups is 1. The van der Waals surface area contributed by atoms with Crippen LogP contribution in [0.3, 0.4) is 0 Å². The van der Waals surface area contributed by atoms with E-state index in [1.807, 2.05) is 12.1 Å². The summed E-state index contributed by atoms with van der Waals surface area (Å²) < 4.78 is 45.0. The van der Waals surface area contributed by atoms with Gasteiger partial charge >= 0.3 is 0 Å². The van der Waals surface area contributed by atoms with Gasteiger partial charge in [-0.1, -0.05) is 0 Å². The minimum Gasteiger partial charge on any atom is -0.494 e. The van der Waals surface area contributed by atoms with Gasteiger partial charge in [-0.3, -0.25) is 4.79 Å². The van der Waals surface area contributed by atoms with E-state index in [9.17, 15) is 17.6 Å². The standard InChI is InChI=1S/C21H25FN2O4S/c1-17(25)18-3-7-20(8-4-18)23-11-13-24(14-12-23)29(26,27)16-2-15-28-21-9-5-19(22)6-10-21/h3-10H,2,11-16H2,1H3. The number of nitrogens with zero attached hydrogens (tertiary/aromatic N) is 2. The Morgan fingerprint density at radius 1 is 1.00 bits per heavy atom. The Bertz CT molecular complexity index is 922. The second kappa shape index (κ2) is 9.37. The van der Waals surface area contributed by atoms with Gasteiger partial charge in [0.15, 0.2) is 5.78 Å². The third-order valence-electron chi connectivity index (χ3n) is 4.90. The summed E-state index contributed by atoms with van der Waals surface area (Å²) in [5, 5.41) is 0. The molecule has 0 saturated carbocycles. The number of ether oxygens (including phenoxy) is 1.